The van der Waals surface area contributed by atoms with Crippen molar-refractivity contribution >= 4 is 11.4 Å². The van der Waals surface area contributed by atoms with Crippen LogP contribution in [-0.2, 0) is 38.9 Å². The van der Waals surface area contributed by atoms with Crippen LogP contribution in [0.2, 0.25) is 0 Å². The van der Waals surface area contributed by atoms with Gasteiger partial charge in [-0.25, -0.2) is 0 Å². The predicted octanol–water partition coefficient (Wildman–Crippen LogP) is 11.7. The third kappa shape index (κ3) is 10.8. The van der Waals surface area contributed by atoms with E-state index >= 15 is 0 Å². The van der Waals surface area contributed by atoms with Crippen LogP contribution in [-0.4, -0.2) is 51.6 Å². The van der Waals surface area contributed by atoms with Crippen molar-refractivity contribution in [2.24, 2.45) is 0 Å². The van der Waals surface area contributed by atoms with Gasteiger partial charge in [0.2, 0.25) is 0 Å². The van der Waals surface area contributed by atoms with Crippen LogP contribution < -0.4 is 9.80 Å². The second-order valence-corrected chi connectivity index (χ2v) is 19.7. The van der Waals surface area contributed by atoms with E-state index in [2.05, 4.69) is 200 Å². The minimum atomic E-state index is 0.247. The van der Waals surface area contributed by atoms with Gasteiger partial charge in [-0.2, -0.15) is 0 Å². The Morgan fingerprint density at radius 3 is 1.15 bits per heavy atom. The van der Waals surface area contributed by atoms with Gasteiger partial charge in [-0.15, -0.1) is 0 Å². The maximum atomic E-state index is 2.55. The maximum Gasteiger partial charge on any atom is 0.0403 e. The number of benzene rings is 4. The van der Waals surface area contributed by atoms with Crippen LogP contribution in [0.5, 0.6) is 0 Å². The highest BCUT2D eigenvalue weighted by molar-refractivity contribution is 5.59. The Labute approximate surface area is 330 Å². The monoisotopic (exact) mass is 729 g/mol. The van der Waals surface area contributed by atoms with Gasteiger partial charge in [-0.1, -0.05) is 84.9 Å². The van der Waals surface area contributed by atoms with E-state index in [1.807, 2.05) is 0 Å². The van der Waals surface area contributed by atoms with Gasteiger partial charge in [0.05, 0.1) is 0 Å². The number of hydrogen-bond acceptors (Lipinski definition) is 4. The van der Waals surface area contributed by atoms with E-state index in [0.29, 0.717) is 11.1 Å². The van der Waals surface area contributed by atoms with Gasteiger partial charge < -0.3 is 9.80 Å². The molecule has 0 fully saturated rings. The molecule has 4 aliphatic heterocycles. The number of fused-ring (bicyclic) bond motifs is 4. The normalized spacial score (nSPS) is 17.0. The van der Waals surface area contributed by atoms with Crippen LogP contribution in [0.3, 0.4) is 0 Å². The fourth-order valence-electron chi connectivity index (χ4n) is 8.14. The zero-order valence-corrected chi connectivity index (χ0v) is 36.1. The highest BCUT2D eigenvalue weighted by Gasteiger charge is 2.29. The number of anilines is 2. The van der Waals surface area contributed by atoms with Gasteiger partial charge in [0.25, 0.3) is 0 Å². The van der Waals surface area contributed by atoms with E-state index in [1.54, 1.807) is 0 Å². The van der Waals surface area contributed by atoms with Crippen molar-refractivity contribution in [3.8, 4) is 0 Å². The summed E-state index contributed by atoms with van der Waals surface area (Å²) in [4.78, 5) is 10.1. The second kappa shape index (κ2) is 17.0. The molecule has 0 radical (unpaired) electrons. The molecule has 4 aromatic carbocycles. The van der Waals surface area contributed by atoms with Crippen molar-refractivity contribution in [3.05, 3.63) is 130 Å². The number of nitrogens with zero attached hydrogens (tertiary/aromatic N) is 4. The molecule has 4 nitrogen and oxygen atoms in total. The molecule has 0 aliphatic carbocycles. The van der Waals surface area contributed by atoms with E-state index in [-0.39, 0.29) is 11.1 Å². The van der Waals surface area contributed by atoms with E-state index in [0.717, 1.165) is 19.6 Å². The first-order chi connectivity index (χ1) is 25.3. The summed E-state index contributed by atoms with van der Waals surface area (Å²) in [5, 5.41) is 0. The topological polar surface area (TPSA) is 13.0 Å². The van der Waals surface area contributed by atoms with Crippen LogP contribution in [0.4, 0.5) is 11.4 Å². The van der Waals surface area contributed by atoms with Crippen LogP contribution in [0.1, 0.15) is 123 Å². The summed E-state index contributed by atoms with van der Waals surface area (Å²) in [5.74, 6) is 0. The summed E-state index contributed by atoms with van der Waals surface area (Å²) in [6.45, 7) is 34.3. The summed E-state index contributed by atoms with van der Waals surface area (Å²) in [7, 11) is 0. The number of hydrogen-bond donors (Lipinski definition) is 0. The summed E-state index contributed by atoms with van der Waals surface area (Å²) < 4.78 is 0. The van der Waals surface area contributed by atoms with Crippen LogP contribution >= 0.6 is 0 Å². The third-order valence-electron chi connectivity index (χ3n) is 11.5. The number of para-hydroxylation sites is 2. The molecule has 292 valence electrons. The average molecular weight is 729 g/mol. The van der Waals surface area contributed by atoms with Gasteiger partial charge in [-0.05, 0) is 154 Å². The fourth-order valence-corrected chi connectivity index (χ4v) is 8.14. The molecule has 0 aromatic heterocycles. The first-order valence-corrected chi connectivity index (χ1v) is 20.7. The first-order valence-electron chi connectivity index (χ1n) is 20.7. The molecule has 0 N–H and O–H groups in total. The van der Waals surface area contributed by atoms with Crippen molar-refractivity contribution in [1.29, 1.82) is 0 Å². The SMILES string of the molecule is CC(C)(C)N1CCCc2ccccc21.CC(C)(C)N1CCc2ccccc21.CC(C)(C)N1CCc2ccccc2C1.CC(C)(C)N1Cc2ccccc2C1. The van der Waals surface area contributed by atoms with Gasteiger partial charge in [-0.3, -0.25) is 9.80 Å². The fraction of sp³-hybridized carbons (Fsp3) is 0.520. The molecule has 4 aromatic rings. The number of rotatable bonds is 0. The summed E-state index contributed by atoms with van der Waals surface area (Å²) in [6, 6.07) is 35.1. The Morgan fingerprint density at radius 2 is 0.685 bits per heavy atom. The van der Waals surface area contributed by atoms with Crippen molar-refractivity contribution < 1.29 is 0 Å². The highest BCUT2D eigenvalue weighted by atomic mass is 15.2. The first kappa shape index (κ1) is 41.6. The van der Waals surface area contributed by atoms with Crippen molar-refractivity contribution in [3.63, 3.8) is 0 Å². The summed E-state index contributed by atoms with van der Waals surface area (Å²) >= 11 is 0. The van der Waals surface area contributed by atoms with Gasteiger partial charge in [0.1, 0.15) is 0 Å². The smallest absolute Gasteiger partial charge is 0.0403 e. The molecule has 0 unspecified atom stereocenters. The molecule has 4 aliphatic rings. The lowest BCUT2D eigenvalue weighted by molar-refractivity contribution is 0.121. The minimum Gasteiger partial charge on any atom is -0.366 e. The van der Waals surface area contributed by atoms with Crippen LogP contribution in [0.25, 0.3) is 0 Å². The quantitative estimate of drug-likeness (QED) is 0.179. The van der Waals surface area contributed by atoms with Crippen LogP contribution in [0, 0.1) is 0 Å². The molecule has 54 heavy (non-hydrogen) atoms. The van der Waals surface area contributed by atoms with Crippen molar-refractivity contribution in [1.82, 2.24) is 9.80 Å². The maximum absolute atomic E-state index is 2.55. The van der Waals surface area contributed by atoms with E-state index in [9.17, 15) is 0 Å². The third-order valence-corrected chi connectivity index (χ3v) is 11.5. The second-order valence-electron chi connectivity index (χ2n) is 19.7. The van der Waals surface area contributed by atoms with E-state index < -0.39 is 0 Å². The molecule has 0 amide bonds. The van der Waals surface area contributed by atoms with Crippen LogP contribution in [0.15, 0.2) is 97.1 Å². The Bertz CT molecular complexity index is 1770. The van der Waals surface area contributed by atoms with Gasteiger partial charge >= 0.3 is 0 Å². The molecule has 4 heterocycles. The molecule has 0 atom stereocenters. The molecular formula is C50H72N4. The lowest BCUT2D eigenvalue weighted by atomic mass is 9.95. The predicted molar refractivity (Wildman–Crippen MR) is 235 cm³/mol. The summed E-state index contributed by atoms with van der Waals surface area (Å²) in [6.07, 6.45) is 4.93. The zero-order chi connectivity index (χ0) is 39.3. The molecule has 8 rings (SSSR count). The zero-order valence-electron chi connectivity index (χ0n) is 36.1. The average Bonchev–Trinajstić information content (AvgIpc) is 3.77. The lowest BCUT2D eigenvalue weighted by Gasteiger charge is -2.41. The minimum absolute atomic E-state index is 0.247. The van der Waals surface area contributed by atoms with Gasteiger partial charge in [0, 0.05) is 72.8 Å². The standard InChI is InChI=1S/2C13H19N.2C12H17N/c1-13(2,3)14-10-6-8-11-7-4-5-9-12(11)14;1-13(2,3)14-9-8-11-6-4-5-7-12(11)10-14;1-12(2,3)13-8-10-6-4-5-7-11(10)9-13;1-12(2,3)13-9-8-10-6-4-5-7-11(10)13/h4-5,7,9H,6,8,10H2,1-3H3;4-7H,8-10H2,1-3H3;2*4-7H,8-9H2,1-3H3. The largest absolute Gasteiger partial charge is 0.366 e. The summed E-state index contributed by atoms with van der Waals surface area (Å²) in [5.41, 5.74) is 13.0. The molecule has 0 spiro atoms. The molecule has 0 saturated heterocycles. The lowest BCUT2D eigenvalue weighted by Crippen LogP contribution is -2.44. The molecule has 0 bridgehead atoms. The molecule has 0 saturated carbocycles. The van der Waals surface area contributed by atoms with Gasteiger partial charge in [0.15, 0.2) is 0 Å². The van der Waals surface area contributed by atoms with E-state index in [4.69, 9.17) is 0 Å². The molecule has 4 heteroatoms. The molecular weight excluding hydrogens is 657 g/mol. The highest BCUT2D eigenvalue weighted by Crippen LogP contribution is 2.34. The van der Waals surface area contributed by atoms with Crippen molar-refractivity contribution in [2.45, 2.75) is 151 Å². The Balaban J connectivity index is 0.000000139. The van der Waals surface area contributed by atoms with E-state index in [1.165, 1.54) is 90.1 Å². The Morgan fingerprint density at radius 1 is 0.333 bits per heavy atom. The van der Waals surface area contributed by atoms with Crippen molar-refractivity contribution in [2.75, 3.05) is 29.4 Å². The Kier molecular flexibility index (Phi) is 13.1. The number of aryl methyl sites for hydroxylation is 1. The Hall–Kier alpha value is -3.60.